The standard InChI is InChI=1S/C10H16F2N2O2/c11-8(12)4-7-5-10(16)14(6-7)3-1-2-9(13)15/h7-8H,1-6H2,(H2,13,15). The summed E-state index contributed by atoms with van der Waals surface area (Å²) in [6.07, 6.45) is -1.66. The number of carbonyl (C=O) groups excluding carboxylic acids is 2. The first kappa shape index (κ1) is 12.9. The molecule has 92 valence electrons. The van der Waals surface area contributed by atoms with Crippen molar-refractivity contribution in [3.8, 4) is 0 Å². The Morgan fingerprint density at radius 1 is 1.56 bits per heavy atom. The van der Waals surface area contributed by atoms with Crippen LogP contribution in [-0.2, 0) is 9.59 Å². The molecule has 1 aliphatic rings. The highest BCUT2D eigenvalue weighted by Gasteiger charge is 2.30. The predicted molar refractivity (Wildman–Crippen MR) is 53.7 cm³/mol. The molecule has 1 heterocycles. The molecule has 0 spiro atoms. The van der Waals surface area contributed by atoms with Gasteiger partial charge in [-0.05, 0) is 12.3 Å². The van der Waals surface area contributed by atoms with Crippen LogP contribution in [0.25, 0.3) is 0 Å². The van der Waals surface area contributed by atoms with Gasteiger partial charge in [-0.3, -0.25) is 9.59 Å². The van der Waals surface area contributed by atoms with E-state index in [2.05, 4.69) is 0 Å². The van der Waals surface area contributed by atoms with Gasteiger partial charge < -0.3 is 10.6 Å². The third-order valence-electron chi connectivity index (χ3n) is 2.66. The Morgan fingerprint density at radius 3 is 2.81 bits per heavy atom. The normalized spacial score (nSPS) is 20.8. The van der Waals surface area contributed by atoms with Crippen molar-refractivity contribution < 1.29 is 18.4 Å². The average Bonchev–Trinajstić information content (AvgIpc) is 2.45. The van der Waals surface area contributed by atoms with E-state index in [0.29, 0.717) is 19.5 Å². The van der Waals surface area contributed by atoms with Crippen molar-refractivity contribution in [3.05, 3.63) is 0 Å². The first-order chi connectivity index (χ1) is 7.49. The number of likely N-dealkylation sites (tertiary alicyclic amines) is 1. The Kier molecular flexibility index (Phi) is 4.64. The number of nitrogens with two attached hydrogens (primary N) is 1. The summed E-state index contributed by atoms with van der Waals surface area (Å²) in [5.74, 6) is -0.757. The van der Waals surface area contributed by atoms with Gasteiger partial charge in [0.25, 0.3) is 0 Å². The van der Waals surface area contributed by atoms with Crippen LogP contribution in [0.3, 0.4) is 0 Å². The molecule has 1 saturated heterocycles. The third kappa shape index (κ3) is 4.12. The molecule has 1 rings (SSSR count). The molecule has 16 heavy (non-hydrogen) atoms. The van der Waals surface area contributed by atoms with Crippen LogP contribution in [0.2, 0.25) is 0 Å². The summed E-state index contributed by atoms with van der Waals surface area (Å²) in [5.41, 5.74) is 4.96. The van der Waals surface area contributed by atoms with Crippen molar-refractivity contribution in [2.24, 2.45) is 11.7 Å². The molecule has 0 aromatic heterocycles. The largest absolute Gasteiger partial charge is 0.370 e. The van der Waals surface area contributed by atoms with Gasteiger partial charge in [-0.25, -0.2) is 8.78 Å². The van der Waals surface area contributed by atoms with Crippen LogP contribution in [0.15, 0.2) is 0 Å². The summed E-state index contributed by atoms with van der Waals surface area (Å²) in [5, 5.41) is 0. The highest BCUT2D eigenvalue weighted by molar-refractivity contribution is 5.78. The lowest BCUT2D eigenvalue weighted by Gasteiger charge is -2.15. The second-order valence-electron chi connectivity index (χ2n) is 4.11. The summed E-state index contributed by atoms with van der Waals surface area (Å²) < 4.78 is 24.2. The highest BCUT2D eigenvalue weighted by Crippen LogP contribution is 2.23. The fourth-order valence-electron chi connectivity index (χ4n) is 1.92. The van der Waals surface area contributed by atoms with Crippen molar-refractivity contribution in [3.63, 3.8) is 0 Å². The van der Waals surface area contributed by atoms with Crippen molar-refractivity contribution in [2.75, 3.05) is 13.1 Å². The first-order valence-corrected chi connectivity index (χ1v) is 5.33. The summed E-state index contributed by atoms with van der Waals surface area (Å²) >= 11 is 0. The number of amides is 2. The maximum Gasteiger partial charge on any atom is 0.239 e. The fraction of sp³-hybridized carbons (Fsp3) is 0.800. The number of hydrogen-bond donors (Lipinski definition) is 1. The lowest BCUT2D eigenvalue weighted by atomic mass is 10.1. The Morgan fingerprint density at radius 2 is 2.25 bits per heavy atom. The molecule has 0 aromatic rings. The van der Waals surface area contributed by atoms with Crippen LogP contribution < -0.4 is 5.73 Å². The number of halogens is 2. The van der Waals surface area contributed by atoms with Crippen LogP contribution in [-0.4, -0.2) is 36.2 Å². The van der Waals surface area contributed by atoms with Gasteiger partial charge in [0.15, 0.2) is 0 Å². The molecular weight excluding hydrogens is 218 g/mol. The smallest absolute Gasteiger partial charge is 0.239 e. The summed E-state index contributed by atoms with van der Waals surface area (Å²) in [6.45, 7) is 0.809. The van der Waals surface area contributed by atoms with Crippen molar-refractivity contribution in [1.82, 2.24) is 4.90 Å². The van der Waals surface area contributed by atoms with Crippen LogP contribution in [0.4, 0.5) is 8.78 Å². The minimum atomic E-state index is -2.36. The molecule has 2 N–H and O–H groups in total. The number of hydrogen-bond acceptors (Lipinski definition) is 2. The maximum atomic E-state index is 12.1. The molecule has 0 aromatic carbocycles. The molecule has 2 amide bonds. The van der Waals surface area contributed by atoms with E-state index in [1.165, 1.54) is 4.90 Å². The molecule has 6 heteroatoms. The number of rotatable bonds is 6. The number of primary amides is 1. The Labute approximate surface area is 92.8 Å². The zero-order valence-electron chi connectivity index (χ0n) is 8.99. The number of nitrogens with zero attached hydrogens (tertiary/aromatic N) is 1. The predicted octanol–water partition coefficient (Wildman–Crippen LogP) is 0.756. The molecule has 0 radical (unpaired) electrons. The van der Waals surface area contributed by atoms with E-state index in [4.69, 9.17) is 5.73 Å². The number of carbonyl (C=O) groups is 2. The van der Waals surface area contributed by atoms with Crippen LogP contribution >= 0.6 is 0 Å². The second kappa shape index (κ2) is 5.77. The van der Waals surface area contributed by atoms with Crippen LogP contribution in [0.1, 0.15) is 25.7 Å². The molecule has 0 aliphatic carbocycles. The number of alkyl halides is 2. The van der Waals surface area contributed by atoms with Crippen LogP contribution in [0, 0.1) is 5.92 Å². The fourth-order valence-corrected chi connectivity index (χ4v) is 1.92. The molecule has 1 fully saturated rings. The second-order valence-corrected chi connectivity index (χ2v) is 4.11. The van der Waals surface area contributed by atoms with E-state index in [1.807, 2.05) is 0 Å². The first-order valence-electron chi connectivity index (χ1n) is 5.33. The van der Waals surface area contributed by atoms with Gasteiger partial charge in [-0.15, -0.1) is 0 Å². The monoisotopic (exact) mass is 234 g/mol. The van der Waals surface area contributed by atoms with E-state index in [1.54, 1.807) is 0 Å². The van der Waals surface area contributed by atoms with Gasteiger partial charge >= 0.3 is 0 Å². The quantitative estimate of drug-likeness (QED) is 0.737. The highest BCUT2D eigenvalue weighted by atomic mass is 19.3. The van der Waals surface area contributed by atoms with Gasteiger partial charge in [-0.1, -0.05) is 0 Å². The molecule has 4 nitrogen and oxygen atoms in total. The lowest BCUT2D eigenvalue weighted by molar-refractivity contribution is -0.128. The Hall–Kier alpha value is -1.20. The summed E-state index contributed by atoms with van der Waals surface area (Å²) in [6, 6.07) is 0. The Balaban J connectivity index is 2.28. The van der Waals surface area contributed by atoms with E-state index in [9.17, 15) is 18.4 Å². The summed E-state index contributed by atoms with van der Waals surface area (Å²) in [7, 11) is 0. The van der Waals surface area contributed by atoms with E-state index >= 15 is 0 Å². The molecule has 1 unspecified atom stereocenters. The molecule has 0 bridgehead atoms. The van der Waals surface area contributed by atoms with Crippen molar-refractivity contribution >= 4 is 11.8 Å². The SMILES string of the molecule is NC(=O)CCCN1CC(CC(F)F)CC1=O. The van der Waals surface area contributed by atoms with Gasteiger partial charge in [0.1, 0.15) is 0 Å². The third-order valence-corrected chi connectivity index (χ3v) is 2.66. The average molecular weight is 234 g/mol. The van der Waals surface area contributed by atoms with Crippen molar-refractivity contribution in [2.45, 2.75) is 32.1 Å². The maximum absolute atomic E-state index is 12.1. The topological polar surface area (TPSA) is 63.4 Å². The minimum Gasteiger partial charge on any atom is -0.370 e. The van der Waals surface area contributed by atoms with Crippen LogP contribution in [0.5, 0.6) is 0 Å². The zero-order valence-corrected chi connectivity index (χ0v) is 8.99. The van der Waals surface area contributed by atoms with Gasteiger partial charge in [0.05, 0.1) is 0 Å². The van der Waals surface area contributed by atoms with Gasteiger partial charge in [0, 0.05) is 32.4 Å². The van der Waals surface area contributed by atoms with Gasteiger partial charge in [0.2, 0.25) is 18.2 Å². The minimum absolute atomic E-state index is 0.102. The van der Waals surface area contributed by atoms with E-state index < -0.39 is 12.3 Å². The molecule has 1 aliphatic heterocycles. The molecule has 1 atom stereocenters. The van der Waals surface area contributed by atoms with E-state index in [0.717, 1.165) is 0 Å². The zero-order chi connectivity index (χ0) is 12.1. The summed E-state index contributed by atoms with van der Waals surface area (Å²) in [4.78, 5) is 23.4. The molecular formula is C10H16F2N2O2. The van der Waals surface area contributed by atoms with E-state index in [-0.39, 0.29) is 31.1 Å². The lowest BCUT2D eigenvalue weighted by Crippen LogP contribution is -2.27. The van der Waals surface area contributed by atoms with Gasteiger partial charge in [-0.2, -0.15) is 0 Å². The Bertz CT molecular complexity index is 272. The molecule has 0 saturated carbocycles. The van der Waals surface area contributed by atoms with Crippen molar-refractivity contribution in [1.29, 1.82) is 0 Å².